The van der Waals surface area contributed by atoms with E-state index < -0.39 is 0 Å². The van der Waals surface area contributed by atoms with Gasteiger partial charge in [-0.15, -0.1) is 0 Å². The van der Waals surface area contributed by atoms with Gasteiger partial charge >= 0.3 is 6.03 Å². The van der Waals surface area contributed by atoms with E-state index in [1.165, 1.54) is 6.92 Å². The maximum absolute atomic E-state index is 12.2. The molecule has 0 saturated heterocycles. The normalized spacial score (nSPS) is 10.1. The molecule has 0 radical (unpaired) electrons. The monoisotopic (exact) mass is 326 g/mol. The fraction of sp³-hybridized carbons (Fsp3) is 0.278. The number of urea groups is 1. The van der Waals surface area contributed by atoms with Crippen molar-refractivity contribution in [3.05, 3.63) is 54.2 Å². The zero-order valence-corrected chi connectivity index (χ0v) is 14.2. The lowest BCUT2D eigenvalue weighted by Crippen LogP contribution is -2.31. The molecule has 0 bridgehead atoms. The highest BCUT2D eigenvalue weighted by atomic mass is 16.2. The van der Waals surface area contributed by atoms with E-state index in [-0.39, 0.29) is 11.9 Å². The van der Waals surface area contributed by atoms with Gasteiger partial charge in [0.05, 0.1) is 11.9 Å². The lowest BCUT2D eigenvalue weighted by Gasteiger charge is -2.19. The van der Waals surface area contributed by atoms with E-state index in [9.17, 15) is 9.59 Å². The highest BCUT2D eigenvalue weighted by Gasteiger charge is 2.12. The fourth-order valence-corrected chi connectivity index (χ4v) is 2.31. The number of benzene rings is 1. The van der Waals surface area contributed by atoms with Crippen LogP contribution in [-0.2, 0) is 11.3 Å². The minimum Gasteiger partial charge on any atom is -0.323 e. The molecule has 0 aliphatic heterocycles. The van der Waals surface area contributed by atoms with Crippen LogP contribution in [0.2, 0.25) is 0 Å². The lowest BCUT2D eigenvalue weighted by molar-refractivity contribution is -0.116. The molecule has 1 N–H and O–H groups in total. The number of hydrogen-bond acceptors (Lipinski definition) is 3. The maximum atomic E-state index is 12.2. The number of nitrogens with one attached hydrogen (secondary N) is 1. The van der Waals surface area contributed by atoms with Crippen LogP contribution in [0.15, 0.2) is 48.7 Å². The predicted octanol–water partition coefficient (Wildman–Crippen LogP) is 3.12. The van der Waals surface area contributed by atoms with E-state index in [2.05, 4.69) is 10.3 Å². The first kappa shape index (κ1) is 17.5. The Labute approximate surface area is 142 Å². The highest BCUT2D eigenvalue weighted by Crippen LogP contribution is 2.15. The lowest BCUT2D eigenvalue weighted by atomic mass is 10.2. The summed E-state index contributed by atoms with van der Waals surface area (Å²) in [6.45, 7) is 4.46. The van der Waals surface area contributed by atoms with Crippen molar-refractivity contribution in [2.24, 2.45) is 0 Å². The van der Waals surface area contributed by atoms with E-state index >= 15 is 0 Å². The van der Waals surface area contributed by atoms with E-state index in [4.69, 9.17) is 0 Å². The SMILES string of the molecule is CCN(C(C)=O)c1ccc(NC(=O)N(C)Cc2ccccc2)cn1. The first-order valence-electron chi connectivity index (χ1n) is 7.81. The van der Waals surface area contributed by atoms with Gasteiger partial charge in [-0.25, -0.2) is 9.78 Å². The van der Waals surface area contributed by atoms with Gasteiger partial charge in [0.25, 0.3) is 0 Å². The van der Waals surface area contributed by atoms with Crippen LogP contribution in [0.3, 0.4) is 0 Å². The molecule has 1 aromatic carbocycles. The predicted molar refractivity (Wildman–Crippen MR) is 94.9 cm³/mol. The number of nitrogens with zero attached hydrogens (tertiary/aromatic N) is 3. The Morgan fingerprint density at radius 3 is 2.38 bits per heavy atom. The summed E-state index contributed by atoms with van der Waals surface area (Å²) in [5.41, 5.74) is 1.65. The molecule has 6 nitrogen and oxygen atoms in total. The third-order valence-corrected chi connectivity index (χ3v) is 3.58. The van der Waals surface area contributed by atoms with E-state index in [0.29, 0.717) is 24.6 Å². The summed E-state index contributed by atoms with van der Waals surface area (Å²) >= 11 is 0. The molecular weight excluding hydrogens is 304 g/mol. The van der Waals surface area contributed by atoms with Crippen molar-refractivity contribution in [1.82, 2.24) is 9.88 Å². The van der Waals surface area contributed by atoms with Crippen molar-refractivity contribution in [2.75, 3.05) is 23.8 Å². The second-order valence-corrected chi connectivity index (χ2v) is 5.44. The number of anilines is 2. The molecule has 24 heavy (non-hydrogen) atoms. The zero-order valence-electron chi connectivity index (χ0n) is 14.2. The van der Waals surface area contributed by atoms with Gasteiger partial charge in [-0.05, 0) is 24.6 Å². The molecule has 0 atom stereocenters. The highest BCUT2D eigenvalue weighted by molar-refractivity contribution is 5.91. The summed E-state index contributed by atoms with van der Waals surface area (Å²) in [5, 5.41) is 2.80. The van der Waals surface area contributed by atoms with Gasteiger partial charge in [-0.2, -0.15) is 0 Å². The third-order valence-electron chi connectivity index (χ3n) is 3.58. The fourth-order valence-electron chi connectivity index (χ4n) is 2.31. The molecule has 0 unspecified atom stereocenters. The summed E-state index contributed by atoms with van der Waals surface area (Å²) < 4.78 is 0. The molecule has 2 aromatic rings. The number of carbonyl (C=O) groups excluding carboxylic acids is 2. The number of amides is 3. The minimum atomic E-state index is -0.215. The molecule has 1 aromatic heterocycles. The van der Waals surface area contributed by atoms with Gasteiger partial charge in [0.15, 0.2) is 0 Å². The van der Waals surface area contributed by atoms with Crippen LogP contribution in [0.1, 0.15) is 19.4 Å². The van der Waals surface area contributed by atoms with Gasteiger partial charge in [0.2, 0.25) is 5.91 Å². The molecule has 6 heteroatoms. The van der Waals surface area contributed by atoms with Gasteiger partial charge in [0, 0.05) is 27.1 Å². The molecule has 0 aliphatic rings. The van der Waals surface area contributed by atoms with Gasteiger partial charge in [-0.3, -0.25) is 9.69 Å². The Morgan fingerprint density at radius 2 is 1.83 bits per heavy atom. The Morgan fingerprint density at radius 1 is 1.12 bits per heavy atom. The van der Waals surface area contributed by atoms with Crippen molar-refractivity contribution in [3.63, 3.8) is 0 Å². The van der Waals surface area contributed by atoms with Crippen LogP contribution in [0, 0.1) is 0 Å². The molecule has 126 valence electrons. The van der Waals surface area contributed by atoms with Crippen LogP contribution in [0.25, 0.3) is 0 Å². The molecule has 3 amide bonds. The van der Waals surface area contributed by atoms with Crippen LogP contribution < -0.4 is 10.2 Å². The number of rotatable bonds is 5. The summed E-state index contributed by atoms with van der Waals surface area (Å²) in [6, 6.07) is 13.0. The van der Waals surface area contributed by atoms with Crippen molar-refractivity contribution >= 4 is 23.4 Å². The van der Waals surface area contributed by atoms with Crippen LogP contribution in [0.4, 0.5) is 16.3 Å². The minimum absolute atomic E-state index is 0.0654. The largest absolute Gasteiger partial charge is 0.323 e. The van der Waals surface area contributed by atoms with Crippen molar-refractivity contribution < 1.29 is 9.59 Å². The Balaban J connectivity index is 1.97. The smallest absolute Gasteiger partial charge is 0.321 e. The average molecular weight is 326 g/mol. The first-order valence-corrected chi connectivity index (χ1v) is 7.81. The van der Waals surface area contributed by atoms with Crippen molar-refractivity contribution in [3.8, 4) is 0 Å². The standard InChI is InChI=1S/C18H22N4O2/c1-4-22(14(2)23)17-11-10-16(12-19-17)20-18(24)21(3)13-15-8-6-5-7-9-15/h5-12H,4,13H2,1-3H3,(H,20,24). The van der Waals surface area contributed by atoms with Crippen LogP contribution in [-0.4, -0.2) is 35.4 Å². The second kappa shape index (κ2) is 8.10. The quantitative estimate of drug-likeness (QED) is 0.918. The van der Waals surface area contributed by atoms with Crippen LogP contribution >= 0.6 is 0 Å². The third kappa shape index (κ3) is 4.55. The zero-order chi connectivity index (χ0) is 17.5. The number of aromatic nitrogens is 1. The summed E-state index contributed by atoms with van der Waals surface area (Å²) in [7, 11) is 1.73. The van der Waals surface area contributed by atoms with Crippen molar-refractivity contribution in [2.45, 2.75) is 20.4 Å². The molecule has 0 saturated carbocycles. The Hall–Kier alpha value is -2.89. The molecule has 0 spiro atoms. The summed E-state index contributed by atoms with van der Waals surface area (Å²) in [6.07, 6.45) is 1.55. The maximum Gasteiger partial charge on any atom is 0.321 e. The van der Waals surface area contributed by atoms with Crippen LogP contribution in [0.5, 0.6) is 0 Å². The van der Waals surface area contributed by atoms with E-state index in [1.54, 1.807) is 35.2 Å². The van der Waals surface area contributed by atoms with Crippen molar-refractivity contribution in [1.29, 1.82) is 0 Å². The topological polar surface area (TPSA) is 65.5 Å². The number of hydrogen-bond donors (Lipinski definition) is 1. The Bertz CT molecular complexity index is 686. The first-order chi connectivity index (χ1) is 11.5. The van der Waals surface area contributed by atoms with Gasteiger partial charge in [0.1, 0.15) is 5.82 Å². The Kier molecular flexibility index (Phi) is 5.89. The summed E-state index contributed by atoms with van der Waals surface area (Å²) in [5.74, 6) is 0.505. The molecular formula is C18H22N4O2. The number of carbonyl (C=O) groups is 2. The van der Waals surface area contributed by atoms with Gasteiger partial charge in [-0.1, -0.05) is 30.3 Å². The molecule has 1 heterocycles. The number of pyridine rings is 1. The van der Waals surface area contributed by atoms with E-state index in [0.717, 1.165) is 5.56 Å². The van der Waals surface area contributed by atoms with Gasteiger partial charge < -0.3 is 10.2 Å². The summed E-state index contributed by atoms with van der Waals surface area (Å²) in [4.78, 5) is 31.1. The van der Waals surface area contributed by atoms with E-state index in [1.807, 2.05) is 37.3 Å². The molecule has 0 fully saturated rings. The molecule has 0 aliphatic carbocycles. The second-order valence-electron chi connectivity index (χ2n) is 5.44. The molecule has 2 rings (SSSR count). The average Bonchev–Trinajstić information content (AvgIpc) is 2.57.